The van der Waals surface area contributed by atoms with Gasteiger partial charge in [-0.05, 0) is 34.7 Å². The van der Waals surface area contributed by atoms with Gasteiger partial charge in [0, 0.05) is 9.13 Å². The Bertz CT molecular complexity index is 916. The van der Waals surface area contributed by atoms with E-state index in [0.29, 0.717) is 0 Å². The minimum Gasteiger partial charge on any atom is -0.452 e. The van der Waals surface area contributed by atoms with Crippen molar-refractivity contribution in [2.75, 3.05) is 0 Å². The molecule has 0 bridgehead atoms. The summed E-state index contributed by atoms with van der Waals surface area (Å²) in [5.41, 5.74) is 4.35. The Labute approximate surface area is 128 Å². The number of rotatable bonds is 1. The third-order valence-electron chi connectivity index (χ3n) is 3.28. The quantitative estimate of drug-likeness (QED) is 0.457. The lowest BCUT2D eigenvalue weighted by Gasteiger charge is -2.00. The molecule has 0 fully saturated rings. The first-order valence-corrected chi connectivity index (χ1v) is 7.29. The van der Waals surface area contributed by atoms with E-state index in [1.54, 1.807) is 6.33 Å². The predicted octanol–water partition coefficient (Wildman–Crippen LogP) is 4.65. The highest BCUT2D eigenvalue weighted by molar-refractivity contribution is 14.1. The molecule has 20 heavy (non-hydrogen) atoms. The summed E-state index contributed by atoms with van der Waals surface area (Å²) in [6.07, 6.45) is 1.60. The van der Waals surface area contributed by atoms with Crippen molar-refractivity contribution in [3.63, 3.8) is 0 Å². The van der Waals surface area contributed by atoms with E-state index >= 15 is 0 Å². The highest BCUT2D eigenvalue weighted by Gasteiger charge is 2.15. The second-order valence-corrected chi connectivity index (χ2v) is 5.64. The normalized spacial score (nSPS) is 11.2. The van der Waals surface area contributed by atoms with Gasteiger partial charge in [0.25, 0.3) is 0 Å². The Morgan fingerprint density at radius 1 is 0.900 bits per heavy atom. The standard InChI is InChI=1S/C16H9IN2O/c17-11-7-4-8-12-13(11)15-16(20-12)14(18-9-19-15)10-5-2-1-3-6-10/h1-9H. The molecule has 0 radical (unpaired) electrons. The smallest absolute Gasteiger partial charge is 0.180 e. The number of fused-ring (bicyclic) bond motifs is 3. The average Bonchev–Trinajstić information content (AvgIpc) is 2.88. The van der Waals surface area contributed by atoms with E-state index in [1.165, 1.54) is 0 Å². The summed E-state index contributed by atoms with van der Waals surface area (Å²) in [4.78, 5) is 8.80. The van der Waals surface area contributed by atoms with Gasteiger partial charge in [-0.25, -0.2) is 9.97 Å². The third kappa shape index (κ3) is 1.71. The van der Waals surface area contributed by atoms with Crippen LogP contribution in [0, 0.1) is 3.57 Å². The number of aromatic nitrogens is 2. The molecule has 2 heterocycles. The topological polar surface area (TPSA) is 38.9 Å². The molecule has 96 valence electrons. The second kappa shape index (κ2) is 4.56. The fraction of sp³-hybridized carbons (Fsp3) is 0. The summed E-state index contributed by atoms with van der Waals surface area (Å²) in [7, 11) is 0. The fourth-order valence-corrected chi connectivity index (χ4v) is 3.11. The van der Waals surface area contributed by atoms with E-state index in [0.717, 1.165) is 36.9 Å². The van der Waals surface area contributed by atoms with Crippen LogP contribution in [0.15, 0.2) is 59.3 Å². The Morgan fingerprint density at radius 3 is 2.60 bits per heavy atom. The van der Waals surface area contributed by atoms with Crippen molar-refractivity contribution in [1.82, 2.24) is 9.97 Å². The summed E-state index contributed by atoms with van der Waals surface area (Å²) in [6.45, 7) is 0. The van der Waals surface area contributed by atoms with Crippen LogP contribution < -0.4 is 0 Å². The van der Waals surface area contributed by atoms with Crippen molar-refractivity contribution < 1.29 is 4.42 Å². The number of hydrogen-bond donors (Lipinski definition) is 0. The Kier molecular flexibility index (Phi) is 2.70. The molecule has 4 aromatic rings. The summed E-state index contributed by atoms with van der Waals surface area (Å²) in [5, 5.41) is 1.06. The number of nitrogens with zero attached hydrogens (tertiary/aromatic N) is 2. The van der Waals surface area contributed by atoms with E-state index in [9.17, 15) is 0 Å². The highest BCUT2D eigenvalue weighted by atomic mass is 127. The molecule has 0 aliphatic carbocycles. The molecule has 0 saturated heterocycles. The lowest BCUT2D eigenvalue weighted by Crippen LogP contribution is -1.86. The SMILES string of the molecule is Ic1cccc2oc3c(-c4ccccc4)ncnc3c12. The van der Waals surface area contributed by atoms with Gasteiger partial charge in [-0.15, -0.1) is 0 Å². The van der Waals surface area contributed by atoms with Crippen LogP contribution in [0.5, 0.6) is 0 Å². The van der Waals surface area contributed by atoms with Crippen LogP contribution in [0.25, 0.3) is 33.3 Å². The van der Waals surface area contributed by atoms with Crippen LogP contribution in [-0.4, -0.2) is 9.97 Å². The number of furan rings is 1. The van der Waals surface area contributed by atoms with Gasteiger partial charge in [0.2, 0.25) is 0 Å². The van der Waals surface area contributed by atoms with Crippen LogP contribution in [0.3, 0.4) is 0 Å². The van der Waals surface area contributed by atoms with Crippen molar-refractivity contribution >= 4 is 44.7 Å². The van der Waals surface area contributed by atoms with Crippen LogP contribution in [0.2, 0.25) is 0 Å². The van der Waals surface area contributed by atoms with Gasteiger partial charge in [-0.2, -0.15) is 0 Å². The van der Waals surface area contributed by atoms with E-state index in [4.69, 9.17) is 4.42 Å². The molecular formula is C16H9IN2O. The third-order valence-corrected chi connectivity index (χ3v) is 4.17. The zero-order valence-electron chi connectivity index (χ0n) is 10.4. The monoisotopic (exact) mass is 372 g/mol. The van der Waals surface area contributed by atoms with Gasteiger partial charge < -0.3 is 4.42 Å². The maximum absolute atomic E-state index is 5.99. The van der Waals surface area contributed by atoms with Gasteiger partial charge in [-0.3, -0.25) is 0 Å². The van der Waals surface area contributed by atoms with Gasteiger partial charge in [-0.1, -0.05) is 36.4 Å². The second-order valence-electron chi connectivity index (χ2n) is 4.48. The molecule has 3 nitrogen and oxygen atoms in total. The summed E-state index contributed by atoms with van der Waals surface area (Å²) >= 11 is 2.31. The summed E-state index contributed by atoms with van der Waals surface area (Å²) in [6, 6.07) is 16.0. The van der Waals surface area contributed by atoms with Crippen molar-refractivity contribution in [2.45, 2.75) is 0 Å². The Morgan fingerprint density at radius 2 is 1.75 bits per heavy atom. The number of hydrogen-bond acceptors (Lipinski definition) is 3. The average molecular weight is 372 g/mol. The molecule has 0 unspecified atom stereocenters. The van der Waals surface area contributed by atoms with Crippen molar-refractivity contribution in [3.8, 4) is 11.3 Å². The Balaban J connectivity index is 2.14. The first kappa shape index (κ1) is 11.8. The first-order chi connectivity index (χ1) is 9.84. The lowest BCUT2D eigenvalue weighted by atomic mass is 10.1. The molecule has 0 aliphatic heterocycles. The highest BCUT2D eigenvalue weighted by Crippen LogP contribution is 2.34. The number of halogens is 1. The molecule has 0 aliphatic rings. The zero-order chi connectivity index (χ0) is 13.5. The zero-order valence-corrected chi connectivity index (χ0v) is 12.5. The fourth-order valence-electron chi connectivity index (χ4n) is 2.38. The van der Waals surface area contributed by atoms with Crippen molar-refractivity contribution in [1.29, 1.82) is 0 Å². The minimum absolute atomic E-state index is 0.748. The van der Waals surface area contributed by atoms with Crippen LogP contribution in [0.4, 0.5) is 0 Å². The number of benzene rings is 2. The van der Waals surface area contributed by atoms with Crippen LogP contribution in [-0.2, 0) is 0 Å². The largest absolute Gasteiger partial charge is 0.452 e. The molecule has 0 atom stereocenters. The van der Waals surface area contributed by atoms with Gasteiger partial charge >= 0.3 is 0 Å². The maximum Gasteiger partial charge on any atom is 0.180 e. The molecule has 0 saturated carbocycles. The van der Waals surface area contributed by atoms with Crippen molar-refractivity contribution in [3.05, 3.63) is 58.4 Å². The van der Waals surface area contributed by atoms with E-state index < -0.39 is 0 Å². The molecule has 4 rings (SSSR count). The van der Waals surface area contributed by atoms with Gasteiger partial charge in [0.15, 0.2) is 5.58 Å². The van der Waals surface area contributed by atoms with Gasteiger partial charge in [0.1, 0.15) is 23.1 Å². The van der Waals surface area contributed by atoms with E-state index in [1.807, 2.05) is 42.5 Å². The summed E-state index contributed by atoms with van der Waals surface area (Å²) in [5.74, 6) is 0. The first-order valence-electron chi connectivity index (χ1n) is 6.22. The van der Waals surface area contributed by atoms with Gasteiger partial charge in [0.05, 0.1) is 5.39 Å². The molecule has 0 spiro atoms. The maximum atomic E-state index is 5.99. The van der Waals surface area contributed by atoms with Crippen molar-refractivity contribution in [2.24, 2.45) is 0 Å². The van der Waals surface area contributed by atoms with E-state index in [-0.39, 0.29) is 0 Å². The molecular weight excluding hydrogens is 363 g/mol. The predicted molar refractivity (Wildman–Crippen MR) is 87.5 cm³/mol. The Hall–Kier alpha value is -1.95. The lowest BCUT2D eigenvalue weighted by molar-refractivity contribution is 0.667. The molecule has 2 aromatic heterocycles. The minimum atomic E-state index is 0.748. The molecule has 0 amide bonds. The molecule has 2 aromatic carbocycles. The molecule has 0 N–H and O–H groups in total. The summed E-state index contributed by atoms with van der Waals surface area (Å²) < 4.78 is 7.12. The molecule has 4 heteroatoms. The van der Waals surface area contributed by atoms with Crippen LogP contribution >= 0.6 is 22.6 Å². The van der Waals surface area contributed by atoms with Crippen LogP contribution in [0.1, 0.15) is 0 Å². The van der Waals surface area contributed by atoms with E-state index in [2.05, 4.69) is 38.6 Å².